The number of nitrogens with zero attached hydrogens (tertiary/aromatic N) is 2. The largest absolute Gasteiger partial charge is 0.389 e. The van der Waals surface area contributed by atoms with E-state index < -0.39 is 5.60 Å². The molecule has 4 heteroatoms. The van der Waals surface area contributed by atoms with Crippen molar-refractivity contribution in [2.45, 2.75) is 51.2 Å². The topological polar surface area (TPSA) is 45.5 Å². The van der Waals surface area contributed by atoms with Crippen LogP contribution in [0.3, 0.4) is 0 Å². The first-order chi connectivity index (χ1) is 14.6. The van der Waals surface area contributed by atoms with Crippen LogP contribution in [-0.4, -0.2) is 45.6 Å². The normalized spacial score (nSPS) is 16.7. The van der Waals surface area contributed by atoms with Crippen molar-refractivity contribution in [3.05, 3.63) is 71.9 Å². The first-order valence-electron chi connectivity index (χ1n) is 11.2. The van der Waals surface area contributed by atoms with Crippen LogP contribution in [0.5, 0.6) is 0 Å². The van der Waals surface area contributed by atoms with Crippen molar-refractivity contribution in [3.63, 3.8) is 0 Å². The number of benzene rings is 2. The second-order valence-corrected chi connectivity index (χ2v) is 8.61. The van der Waals surface area contributed by atoms with E-state index in [9.17, 15) is 9.90 Å². The quantitative estimate of drug-likeness (QED) is 0.554. The summed E-state index contributed by atoms with van der Waals surface area (Å²) in [6, 6.07) is 18.5. The Bertz CT molecular complexity index is 985. The van der Waals surface area contributed by atoms with Gasteiger partial charge in [-0.15, -0.1) is 0 Å². The van der Waals surface area contributed by atoms with Crippen molar-refractivity contribution in [2.24, 2.45) is 0 Å². The number of hydrogen-bond donors (Lipinski definition) is 1. The standard InChI is InChI=1S/C26H32N2O2/c1-2-25(29)23-20-28(24-12-7-6-11-22(23)24)16-8-15-27-17-13-26(30,14-18-27)19-21-9-4-3-5-10-21/h3-7,9-12,20,30H,2,8,13-19H2,1H3. The highest BCUT2D eigenvalue weighted by atomic mass is 16.3. The summed E-state index contributed by atoms with van der Waals surface area (Å²) in [4.78, 5) is 14.8. The van der Waals surface area contributed by atoms with Crippen molar-refractivity contribution >= 4 is 16.7 Å². The predicted molar refractivity (Wildman–Crippen MR) is 122 cm³/mol. The molecule has 1 aromatic heterocycles. The fourth-order valence-electron chi connectivity index (χ4n) is 4.65. The molecule has 0 unspecified atom stereocenters. The highest BCUT2D eigenvalue weighted by Crippen LogP contribution is 2.27. The van der Waals surface area contributed by atoms with Gasteiger partial charge < -0.3 is 14.6 Å². The van der Waals surface area contributed by atoms with E-state index in [-0.39, 0.29) is 5.78 Å². The molecule has 2 aromatic carbocycles. The predicted octanol–water partition coefficient (Wildman–Crippen LogP) is 4.69. The fraction of sp³-hybridized carbons (Fsp3) is 0.423. The molecule has 1 aliphatic rings. The van der Waals surface area contributed by atoms with Crippen LogP contribution in [-0.2, 0) is 13.0 Å². The molecule has 2 heterocycles. The highest BCUT2D eigenvalue weighted by Gasteiger charge is 2.32. The zero-order valence-electron chi connectivity index (χ0n) is 17.9. The molecule has 3 aromatic rings. The number of fused-ring (bicyclic) bond motifs is 1. The van der Waals surface area contributed by atoms with Gasteiger partial charge in [-0.05, 0) is 37.4 Å². The number of piperidine rings is 1. The molecule has 1 aliphatic heterocycles. The van der Waals surface area contributed by atoms with Crippen LogP contribution in [0.4, 0.5) is 0 Å². The fourth-order valence-corrected chi connectivity index (χ4v) is 4.65. The molecule has 0 spiro atoms. The van der Waals surface area contributed by atoms with E-state index in [1.165, 1.54) is 5.56 Å². The molecule has 0 atom stereocenters. The van der Waals surface area contributed by atoms with Gasteiger partial charge in [0.05, 0.1) is 5.60 Å². The lowest BCUT2D eigenvalue weighted by Gasteiger charge is -2.38. The molecule has 0 aliphatic carbocycles. The maximum Gasteiger partial charge on any atom is 0.164 e. The van der Waals surface area contributed by atoms with Crippen molar-refractivity contribution < 1.29 is 9.90 Å². The minimum absolute atomic E-state index is 0.207. The number of rotatable bonds is 8. The van der Waals surface area contributed by atoms with Crippen molar-refractivity contribution in [1.29, 1.82) is 0 Å². The molecule has 1 saturated heterocycles. The lowest BCUT2D eigenvalue weighted by Crippen LogP contribution is -2.46. The summed E-state index contributed by atoms with van der Waals surface area (Å²) in [6.45, 7) is 5.72. The Labute approximate surface area is 179 Å². The van der Waals surface area contributed by atoms with Gasteiger partial charge in [-0.1, -0.05) is 55.5 Å². The second-order valence-electron chi connectivity index (χ2n) is 8.61. The van der Waals surface area contributed by atoms with Gasteiger partial charge in [0.15, 0.2) is 5.78 Å². The van der Waals surface area contributed by atoms with Gasteiger partial charge >= 0.3 is 0 Å². The molecular weight excluding hydrogens is 372 g/mol. The molecule has 4 nitrogen and oxygen atoms in total. The number of aryl methyl sites for hydroxylation is 1. The van der Waals surface area contributed by atoms with E-state index >= 15 is 0 Å². The summed E-state index contributed by atoms with van der Waals surface area (Å²) in [7, 11) is 0. The lowest BCUT2D eigenvalue weighted by molar-refractivity contribution is -0.0209. The third-order valence-corrected chi connectivity index (χ3v) is 6.45. The number of likely N-dealkylation sites (tertiary alicyclic amines) is 1. The number of aliphatic hydroxyl groups is 1. The van der Waals surface area contributed by atoms with Gasteiger partial charge in [-0.2, -0.15) is 0 Å². The van der Waals surface area contributed by atoms with Gasteiger partial charge in [0.25, 0.3) is 0 Å². The summed E-state index contributed by atoms with van der Waals surface area (Å²) in [6.07, 6.45) is 5.99. The molecule has 30 heavy (non-hydrogen) atoms. The third-order valence-electron chi connectivity index (χ3n) is 6.45. The highest BCUT2D eigenvalue weighted by molar-refractivity contribution is 6.07. The number of Topliss-reactive ketones (excluding diaryl/α,β-unsaturated/α-hetero) is 1. The molecule has 0 radical (unpaired) electrons. The van der Waals surface area contributed by atoms with Crippen LogP contribution in [0, 0.1) is 0 Å². The Morgan fingerprint density at radius 2 is 1.70 bits per heavy atom. The lowest BCUT2D eigenvalue weighted by atomic mass is 9.85. The van der Waals surface area contributed by atoms with Gasteiger partial charge in [-0.25, -0.2) is 0 Å². The first-order valence-corrected chi connectivity index (χ1v) is 11.2. The minimum atomic E-state index is -0.579. The zero-order chi connectivity index (χ0) is 21.0. The van der Waals surface area contributed by atoms with Crippen molar-refractivity contribution in [2.75, 3.05) is 19.6 Å². The maximum absolute atomic E-state index is 12.3. The SMILES string of the molecule is CCC(=O)c1cn(CCCN2CCC(O)(Cc3ccccc3)CC2)c2ccccc12. The molecule has 0 amide bonds. The van der Waals surface area contributed by atoms with Crippen LogP contribution in [0.25, 0.3) is 10.9 Å². The van der Waals surface area contributed by atoms with E-state index in [1.807, 2.05) is 49.5 Å². The first kappa shape index (κ1) is 20.8. The minimum Gasteiger partial charge on any atom is -0.389 e. The molecule has 1 fully saturated rings. The zero-order valence-corrected chi connectivity index (χ0v) is 17.9. The Hall–Kier alpha value is -2.43. The smallest absolute Gasteiger partial charge is 0.164 e. The van der Waals surface area contributed by atoms with Gasteiger partial charge in [-0.3, -0.25) is 4.79 Å². The number of aromatic nitrogens is 1. The second kappa shape index (κ2) is 9.15. The van der Waals surface area contributed by atoms with Gasteiger partial charge in [0, 0.05) is 55.1 Å². The summed E-state index contributed by atoms with van der Waals surface area (Å²) in [5, 5.41) is 12.0. The summed E-state index contributed by atoms with van der Waals surface area (Å²) < 4.78 is 2.23. The summed E-state index contributed by atoms with van der Waals surface area (Å²) >= 11 is 0. The summed E-state index contributed by atoms with van der Waals surface area (Å²) in [5.41, 5.74) is 2.62. The van der Waals surface area contributed by atoms with Crippen LogP contribution < -0.4 is 0 Å². The van der Waals surface area contributed by atoms with E-state index in [0.717, 1.165) is 68.3 Å². The molecular formula is C26H32N2O2. The van der Waals surface area contributed by atoms with E-state index in [1.54, 1.807) is 0 Å². The van der Waals surface area contributed by atoms with Crippen LogP contribution >= 0.6 is 0 Å². The number of ketones is 1. The number of carbonyl (C=O) groups excluding carboxylic acids is 1. The van der Waals surface area contributed by atoms with Crippen molar-refractivity contribution in [1.82, 2.24) is 9.47 Å². The maximum atomic E-state index is 12.3. The Morgan fingerprint density at radius 3 is 2.43 bits per heavy atom. The average Bonchev–Trinajstić information content (AvgIpc) is 3.14. The number of para-hydroxylation sites is 1. The van der Waals surface area contributed by atoms with E-state index in [0.29, 0.717) is 6.42 Å². The molecule has 0 saturated carbocycles. The van der Waals surface area contributed by atoms with Gasteiger partial charge in [0.2, 0.25) is 0 Å². The number of hydrogen-bond acceptors (Lipinski definition) is 3. The Balaban J connectivity index is 1.31. The number of carbonyl (C=O) groups is 1. The van der Waals surface area contributed by atoms with Gasteiger partial charge in [0.1, 0.15) is 0 Å². The van der Waals surface area contributed by atoms with E-state index in [4.69, 9.17) is 0 Å². The third kappa shape index (κ3) is 4.66. The van der Waals surface area contributed by atoms with Crippen molar-refractivity contribution in [3.8, 4) is 0 Å². The molecule has 1 N–H and O–H groups in total. The van der Waals surface area contributed by atoms with E-state index in [2.05, 4.69) is 27.7 Å². The average molecular weight is 405 g/mol. The van der Waals surface area contributed by atoms with Crippen LogP contribution in [0.15, 0.2) is 60.8 Å². The Kier molecular flexibility index (Phi) is 6.35. The summed E-state index contributed by atoms with van der Waals surface area (Å²) in [5.74, 6) is 0.207. The molecule has 4 rings (SSSR count). The molecule has 158 valence electrons. The van der Waals surface area contributed by atoms with Crippen LogP contribution in [0.2, 0.25) is 0 Å². The Morgan fingerprint density at radius 1 is 1.00 bits per heavy atom. The monoisotopic (exact) mass is 404 g/mol. The molecule has 0 bridgehead atoms. The van der Waals surface area contributed by atoms with Crippen LogP contribution in [0.1, 0.15) is 48.5 Å².